The second-order valence-electron chi connectivity index (χ2n) is 5.05. The molecule has 0 saturated carbocycles. The Labute approximate surface area is 127 Å². The van der Waals surface area contributed by atoms with Gasteiger partial charge in [-0.15, -0.1) is 10.2 Å². The van der Waals surface area contributed by atoms with E-state index in [0.29, 0.717) is 24.6 Å². The van der Waals surface area contributed by atoms with Gasteiger partial charge in [-0.25, -0.2) is 4.39 Å². The predicted molar refractivity (Wildman–Crippen MR) is 80.6 cm³/mol. The van der Waals surface area contributed by atoms with Crippen LogP contribution in [0.5, 0.6) is 0 Å². The van der Waals surface area contributed by atoms with Gasteiger partial charge in [-0.1, -0.05) is 42.5 Å². The van der Waals surface area contributed by atoms with Crippen LogP contribution in [0.1, 0.15) is 29.0 Å². The Kier molecular flexibility index (Phi) is 4.25. The molecule has 0 bridgehead atoms. The lowest BCUT2D eigenvalue weighted by Crippen LogP contribution is -2.11. The lowest BCUT2D eigenvalue weighted by Gasteiger charge is -2.06. The monoisotopic (exact) mass is 297 g/mol. The highest BCUT2D eigenvalue weighted by molar-refractivity contribution is 5.23. The van der Waals surface area contributed by atoms with Crippen molar-refractivity contribution in [1.82, 2.24) is 10.2 Å². The van der Waals surface area contributed by atoms with Crippen molar-refractivity contribution in [3.05, 3.63) is 83.3 Å². The van der Waals surface area contributed by atoms with Crippen LogP contribution >= 0.6 is 0 Å². The highest BCUT2D eigenvalue weighted by Crippen LogP contribution is 2.18. The number of hydrogen-bond acceptors (Lipinski definition) is 4. The fraction of sp³-hybridized carbons (Fsp3) is 0.176. The Morgan fingerprint density at radius 1 is 1.00 bits per heavy atom. The van der Waals surface area contributed by atoms with Crippen LogP contribution in [0.15, 0.2) is 59.0 Å². The molecule has 0 aliphatic heterocycles. The summed E-state index contributed by atoms with van der Waals surface area (Å²) in [4.78, 5) is 0. The van der Waals surface area contributed by atoms with Crippen LogP contribution < -0.4 is 5.73 Å². The van der Waals surface area contributed by atoms with Gasteiger partial charge in [0.25, 0.3) is 0 Å². The maximum atomic E-state index is 13.1. The molecule has 0 saturated heterocycles. The minimum Gasteiger partial charge on any atom is -0.423 e. The molecule has 0 spiro atoms. The number of benzene rings is 2. The summed E-state index contributed by atoms with van der Waals surface area (Å²) >= 11 is 0. The molecule has 2 aromatic carbocycles. The van der Waals surface area contributed by atoms with Crippen molar-refractivity contribution in [2.45, 2.75) is 18.9 Å². The fourth-order valence-corrected chi connectivity index (χ4v) is 2.24. The first-order valence-electron chi connectivity index (χ1n) is 7.09. The minimum atomic E-state index is -0.434. The summed E-state index contributed by atoms with van der Waals surface area (Å²) in [7, 11) is 0. The molecule has 0 amide bonds. The molecule has 0 aliphatic carbocycles. The molecule has 1 heterocycles. The average molecular weight is 297 g/mol. The Hall–Kier alpha value is -2.53. The number of aromatic nitrogens is 2. The summed E-state index contributed by atoms with van der Waals surface area (Å²) in [6.07, 6.45) is 1.19. The predicted octanol–water partition coefficient (Wildman–Crippen LogP) is 3.04. The van der Waals surface area contributed by atoms with E-state index >= 15 is 0 Å². The van der Waals surface area contributed by atoms with Gasteiger partial charge in [-0.2, -0.15) is 0 Å². The third kappa shape index (κ3) is 3.38. The number of nitrogens with zero attached hydrogens (tertiary/aromatic N) is 2. The van der Waals surface area contributed by atoms with E-state index in [2.05, 4.69) is 10.2 Å². The van der Waals surface area contributed by atoms with Crippen LogP contribution in [-0.2, 0) is 12.8 Å². The second-order valence-corrected chi connectivity index (χ2v) is 5.05. The van der Waals surface area contributed by atoms with Crippen molar-refractivity contribution in [2.75, 3.05) is 0 Å². The third-order valence-corrected chi connectivity index (χ3v) is 3.42. The Morgan fingerprint density at radius 3 is 2.59 bits per heavy atom. The summed E-state index contributed by atoms with van der Waals surface area (Å²) < 4.78 is 18.7. The van der Waals surface area contributed by atoms with E-state index in [1.807, 2.05) is 36.4 Å². The molecule has 1 atom stereocenters. The Balaban J connectivity index is 1.66. The highest BCUT2D eigenvalue weighted by atomic mass is 19.1. The summed E-state index contributed by atoms with van der Waals surface area (Å²) in [5, 5.41) is 8.02. The van der Waals surface area contributed by atoms with Crippen molar-refractivity contribution in [3.63, 3.8) is 0 Å². The summed E-state index contributed by atoms with van der Waals surface area (Å²) in [6.45, 7) is 0. The zero-order valence-corrected chi connectivity index (χ0v) is 11.9. The van der Waals surface area contributed by atoms with E-state index in [9.17, 15) is 4.39 Å². The highest BCUT2D eigenvalue weighted by Gasteiger charge is 2.16. The van der Waals surface area contributed by atoms with Gasteiger partial charge in [0.2, 0.25) is 11.8 Å². The average Bonchev–Trinajstić information content (AvgIpc) is 3.02. The van der Waals surface area contributed by atoms with Crippen LogP contribution in [0.2, 0.25) is 0 Å². The first-order valence-corrected chi connectivity index (χ1v) is 7.09. The van der Waals surface area contributed by atoms with Crippen LogP contribution in [-0.4, -0.2) is 10.2 Å². The van der Waals surface area contributed by atoms with Crippen molar-refractivity contribution in [2.24, 2.45) is 5.73 Å². The van der Waals surface area contributed by atoms with Crippen molar-refractivity contribution < 1.29 is 8.81 Å². The van der Waals surface area contributed by atoms with E-state index in [4.69, 9.17) is 10.2 Å². The van der Waals surface area contributed by atoms with Crippen LogP contribution in [0.4, 0.5) is 4.39 Å². The quantitative estimate of drug-likeness (QED) is 0.786. The largest absolute Gasteiger partial charge is 0.423 e. The molecule has 112 valence electrons. The van der Waals surface area contributed by atoms with Gasteiger partial charge >= 0.3 is 0 Å². The maximum absolute atomic E-state index is 13.1. The molecule has 1 aromatic heterocycles. The molecule has 3 rings (SSSR count). The summed E-state index contributed by atoms with van der Waals surface area (Å²) in [5.41, 5.74) is 7.93. The Bertz CT molecular complexity index is 742. The van der Waals surface area contributed by atoms with E-state index in [1.165, 1.54) is 12.1 Å². The zero-order chi connectivity index (χ0) is 15.4. The molecule has 0 radical (unpaired) electrons. The van der Waals surface area contributed by atoms with Gasteiger partial charge in [0, 0.05) is 6.42 Å². The fourth-order valence-electron chi connectivity index (χ4n) is 2.24. The summed E-state index contributed by atoms with van der Waals surface area (Å²) in [6, 6.07) is 15.6. The normalized spacial score (nSPS) is 12.3. The molecule has 4 nitrogen and oxygen atoms in total. The van der Waals surface area contributed by atoms with Crippen molar-refractivity contribution >= 4 is 0 Å². The standard InChI is InChI=1S/C17H16FN3O/c18-14-8-4-5-12(11-14)9-10-15-20-21-17(22-15)16(19)13-6-2-1-3-7-13/h1-8,11,16H,9-10,19H2. The van der Waals surface area contributed by atoms with Gasteiger partial charge in [0.05, 0.1) is 0 Å². The van der Waals surface area contributed by atoms with Gasteiger partial charge in [-0.3, -0.25) is 0 Å². The number of rotatable bonds is 5. The second kappa shape index (κ2) is 6.49. The number of halogens is 1. The smallest absolute Gasteiger partial charge is 0.237 e. The first kappa shape index (κ1) is 14.4. The van der Waals surface area contributed by atoms with Crippen LogP contribution in [0, 0.1) is 5.82 Å². The van der Waals surface area contributed by atoms with E-state index in [1.54, 1.807) is 6.07 Å². The minimum absolute atomic E-state index is 0.241. The SMILES string of the molecule is NC(c1ccccc1)c1nnc(CCc2cccc(F)c2)o1. The number of aryl methyl sites for hydroxylation is 2. The molecule has 3 aromatic rings. The molecule has 0 fully saturated rings. The lowest BCUT2D eigenvalue weighted by atomic mass is 10.1. The summed E-state index contributed by atoms with van der Waals surface area (Å²) in [5.74, 6) is 0.654. The molecule has 2 N–H and O–H groups in total. The zero-order valence-electron chi connectivity index (χ0n) is 11.9. The van der Waals surface area contributed by atoms with Gasteiger partial charge in [-0.05, 0) is 29.7 Å². The van der Waals surface area contributed by atoms with E-state index in [-0.39, 0.29) is 5.82 Å². The molecule has 0 aliphatic rings. The van der Waals surface area contributed by atoms with Crippen molar-refractivity contribution in [1.29, 1.82) is 0 Å². The number of hydrogen-bond donors (Lipinski definition) is 1. The molecule has 22 heavy (non-hydrogen) atoms. The van der Waals surface area contributed by atoms with Gasteiger partial charge in [0.15, 0.2) is 0 Å². The molecule has 5 heteroatoms. The lowest BCUT2D eigenvalue weighted by molar-refractivity contribution is 0.434. The molecular weight excluding hydrogens is 281 g/mol. The van der Waals surface area contributed by atoms with Gasteiger partial charge in [0.1, 0.15) is 11.9 Å². The third-order valence-electron chi connectivity index (χ3n) is 3.42. The van der Waals surface area contributed by atoms with Crippen molar-refractivity contribution in [3.8, 4) is 0 Å². The van der Waals surface area contributed by atoms with E-state index in [0.717, 1.165) is 11.1 Å². The molecular formula is C17H16FN3O. The van der Waals surface area contributed by atoms with Gasteiger partial charge < -0.3 is 10.2 Å². The van der Waals surface area contributed by atoms with E-state index < -0.39 is 6.04 Å². The maximum Gasteiger partial charge on any atom is 0.237 e. The molecule has 1 unspecified atom stereocenters. The topological polar surface area (TPSA) is 64.9 Å². The Morgan fingerprint density at radius 2 is 1.82 bits per heavy atom. The van der Waals surface area contributed by atoms with Crippen LogP contribution in [0.3, 0.4) is 0 Å². The first-order chi connectivity index (χ1) is 10.7. The van der Waals surface area contributed by atoms with Crippen LogP contribution in [0.25, 0.3) is 0 Å². The number of nitrogens with two attached hydrogens (primary N) is 1.